The average Bonchev–Trinajstić information content (AvgIpc) is 2.55. The lowest BCUT2D eigenvalue weighted by Gasteiger charge is -2.25. The summed E-state index contributed by atoms with van der Waals surface area (Å²) in [5.74, 6) is 0.330. The van der Waals surface area contributed by atoms with Gasteiger partial charge in [0.2, 0.25) is 0 Å². The standard InChI is InChI=1S/C11H15NOS/c1-11(7-12(2)3)6-8-4-5-14-9(8)10(11)13/h4-5H,6-7H2,1-3H3. The molecule has 0 fully saturated rings. The van der Waals surface area contributed by atoms with Crippen molar-refractivity contribution in [1.82, 2.24) is 4.90 Å². The van der Waals surface area contributed by atoms with Crippen molar-refractivity contribution >= 4 is 17.1 Å². The van der Waals surface area contributed by atoms with Crippen molar-refractivity contribution < 1.29 is 4.79 Å². The second-order valence-electron chi connectivity index (χ2n) is 4.58. The molecule has 0 radical (unpaired) electrons. The van der Waals surface area contributed by atoms with Gasteiger partial charge in [-0.3, -0.25) is 4.79 Å². The first kappa shape index (κ1) is 9.87. The zero-order valence-electron chi connectivity index (χ0n) is 8.83. The number of thiophene rings is 1. The van der Waals surface area contributed by atoms with Gasteiger partial charge in [0, 0.05) is 12.0 Å². The summed E-state index contributed by atoms with van der Waals surface area (Å²) in [5.41, 5.74) is 1.05. The molecule has 0 saturated heterocycles. The van der Waals surface area contributed by atoms with Gasteiger partial charge in [0.05, 0.1) is 4.88 Å². The summed E-state index contributed by atoms with van der Waals surface area (Å²) >= 11 is 1.58. The highest BCUT2D eigenvalue weighted by molar-refractivity contribution is 7.12. The van der Waals surface area contributed by atoms with Gasteiger partial charge in [-0.15, -0.1) is 11.3 Å². The van der Waals surface area contributed by atoms with E-state index in [0.29, 0.717) is 5.78 Å². The molecule has 0 aliphatic heterocycles. The molecule has 14 heavy (non-hydrogen) atoms. The smallest absolute Gasteiger partial charge is 0.180 e. The molecule has 0 N–H and O–H groups in total. The predicted molar refractivity (Wildman–Crippen MR) is 59.0 cm³/mol. The third-order valence-corrected chi connectivity index (χ3v) is 3.70. The molecule has 1 heterocycles. The van der Waals surface area contributed by atoms with E-state index in [4.69, 9.17) is 0 Å². The number of carbonyl (C=O) groups excluding carboxylic acids is 1. The van der Waals surface area contributed by atoms with Crippen LogP contribution >= 0.6 is 11.3 Å². The van der Waals surface area contributed by atoms with Gasteiger partial charge in [0.15, 0.2) is 5.78 Å². The molecule has 3 heteroatoms. The highest BCUT2D eigenvalue weighted by atomic mass is 32.1. The number of hydrogen-bond donors (Lipinski definition) is 0. The van der Waals surface area contributed by atoms with Crippen molar-refractivity contribution in [3.8, 4) is 0 Å². The van der Waals surface area contributed by atoms with Gasteiger partial charge in [-0.25, -0.2) is 0 Å². The highest BCUT2D eigenvalue weighted by Gasteiger charge is 2.42. The van der Waals surface area contributed by atoms with Crippen molar-refractivity contribution in [2.75, 3.05) is 20.6 Å². The highest BCUT2D eigenvalue weighted by Crippen LogP contribution is 2.39. The van der Waals surface area contributed by atoms with E-state index in [2.05, 4.69) is 17.9 Å². The Kier molecular flexibility index (Phi) is 2.24. The van der Waals surface area contributed by atoms with Crippen LogP contribution in [-0.2, 0) is 6.42 Å². The first-order chi connectivity index (χ1) is 6.53. The molecule has 0 aromatic carbocycles. The molecule has 0 saturated carbocycles. The van der Waals surface area contributed by atoms with Crippen molar-refractivity contribution in [2.24, 2.45) is 5.41 Å². The Morgan fingerprint density at radius 2 is 2.29 bits per heavy atom. The third-order valence-electron chi connectivity index (χ3n) is 2.75. The lowest BCUT2D eigenvalue weighted by molar-refractivity contribution is 0.0802. The van der Waals surface area contributed by atoms with Crippen LogP contribution in [0, 0.1) is 5.41 Å². The number of nitrogens with zero attached hydrogens (tertiary/aromatic N) is 1. The fraction of sp³-hybridized carbons (Fsp3) is 0.545. The molecule has 1 aromatic rings. The lowest BCUT2D eigenvalue weighted by Crippen LogP contribution is -2.36. The normalized spacial score (nSPS) is 25.9. The maximum Gasteiger partial charge on any atom is 0.180 e. The van der Waals surface area contributed by atoms with E-state index in [1.807, 2.05) is 19.5 Å². The van der Waals surface area contributed by atoms with Gasteiger partial charge in [0.1, 0.15) is 0 Å². The number of hydrogen-bond acceptors (Lipinski definition) is 3. The summed E-state index contributed by atoms with van der Waals surface area (Å²) in [7, 11) is 4.04. The summed E-state index contributed by atoms with van der Waals surface area (Å²) in [4.78, 5) is 15.2. The minimum absolute atomic E-state index is 0.189. The van der Waals surface area contributed by atoms with Crippen LogP contribution in [0.5, 0.6) is 0 Å². The second-order valence-corrected chi connectivity index (χ2v) is 5.50. The van der Waals surface area contributed by atoms with Crippen molar-refractivity contribution in [3.05, 3.63) is 21.9 Å². The van der Waals surface area contributed by atoms with E-state index in [-0.39, 0.29) is 5.41 Å². The van der Waals surface area contributed by atoms with Crippen LogP contribution in [0.4, 0.5) is 0 Å². The zero-order valence-corrected chi connectivity index (χ0v) is 9.65. The van der Waals surface area contributed by atoms with E-state index in [9.17, 15) is 4.79 Å². The molecule has 76 valence electrons. The topological polar surface area (TPSA) is 20.3 Å². The summed E-state index contributed by atoms with van der Waals surface area (Å²) in [5, 5.41) is 2.01. The van der Waals surface area contributed by atoms with E-state index < -0.39 is 0 Å². The van der Waals surface area contributed by atoms with Crippen LogP contribution < -0.4 is 0 Å². The van der Waals surface area contributed by atoms with Crippen LogP contribution in [0.3, 0.4) is 0 Å². The van der Waals surface area contributed by atoms with Crippen LogP contribution in [0.2, 0.25) is 0 Å². The van der Waals surface area contributed by atoms with Crippen molar-refractivity contribution in [1.29, 1.82) is 0 Å². The van der Waals surface area contributed by atoms with Gasteiger partial charge >= 0.3 is 0 Å². The monoisotopic (exact) mass is 209 g/mol. The SMILES string of the molecule is CN(C)CC1(C)Cc2ccsc2C1=O. The fourth-order valence-electron chi connectivity index (χ4n) is 2.27. The summed E-state index contributed by atoms with van der Waals surface area (Å²) in [6.45, 7) is 2.91. The maximum atomic E-state index is 12.1. The van der Waals surface area contributed by atoms with E-state index in [1.54, 1.807) is 11.3 Å². The van der Waals surface area contributed by atoms with Gasteiger partial charge in [-0.2, -0.15) is 0 Å². The summed E-state index contributed by atoms with van der Waals surface area (Å²) in [6, 6.07) is 2.08. The molecule has 1 aromatic heterocycles. The maximum absolute atomic E-state index is 12.1. The molecule has 0 bridgehead atoms. The van der Waals surface area contributed by atoms with Crippen molar-refractivity contribution in [2.45, 2.75) is 13.3 Å². The number of Topliss-reactive ketones (excluding diaryl/α,β-unsaturated/α-hetero) is 1. The molecule has 0 spiro atoms. The summed E-state index contributed by atoms with van der Waals surface area (Å²) < 4.78 is 0. The third kappa shape index (κ3) is 1.41. The molecule has 2 rings (SSSR count). The van der Waals surface area contributed by atoms with Gasteiger partial charge in [-0.05, 0) is 37.5 Å². The van der Waals surface area contributed by atoms with Gasteiger partial charge < -0.3 is 4.90 Å². The minimum atomic E-state index is -0.189. The molecular formula is C11H15NOS. The Morgan fingerprint density at radius 3 is 2.86 bits per heavy atom. The lowest BCUT2D eigenvalue weighted by atomic mass is 9.86. The molecule has 2 nitrogen and oxygen atoms in total. The first-order valence-electron chi connectivity index (χ1n) is 4.79. The Balaban J connectivity index is 2.28. The Bertz CT molecular complexity index is 369. The molecule has 1 unspecified atom stereocenters. The Labute approximate surface area is 88.5 Å². The Hall–Kier alpha value is -0.670. The Morgan fingerprint density at radius 1 is 1.57 bits per heavy atom. The van der Waals surface area contributed by atoms with Gasteiger partial charge in [0.25, 0.3) is 0 Å². The molecular weight excluding hydrogens is 194 g/mol. The van der Waals surface area contributed by atoms with Crippen LogP contribution in [0.1, 0.15) is 22.2 Å². The van der Waals surface area contributed by atoms with Crippen molar-refractivity contribution in [3.63, 3.8) is 0 Å². The number of carbonyl (C=O) groups is 1. The average molecular weight is 209 g/mol. The predicted octanol–water partition coefficient (Wildman–Crippen LogP) is 2.05. The quantitative estimate of drug-likeness (QED) is 0.743. The minimum Gasteiger partial charge on any atom is -0.308 e. The molecule has 1 atom stereocenters. The largest absolute Gasteiger partial charge is 0.308 e. The molecule has 1 aliphatic rings. The van der Waals surface area contributed by atoms with E-state index >= 15 is 0 Å². The molecule has 0 amide bonds. The number of fused-ring (bicyclic) bond motifs is 1. The second kappa shape index (κ2) is 3.17. The van der Waals surface area contributed by atoms with Gasteiger partial charge in [-0.1, -0.05) is 6.92 Å². The fourth-order valence-corrected chi connectivity index (χ4v) is 3.29. The van der Waals surface area contributed by atoms with E-state index in [0.717, 1.165) is 17.8 Å². The first-order valence-corrected chi connectivity index (χ1v) is 5.67. The zero-order chi connectivity index (χ0) is 10.3. The van der Waals surface area contributed by atoms with E-state index in [1.165, 1.54) is 5.56 Å². The summed E-state index contributed by atoms with van der Waals surface area (Å²) in [6.07, 6.45) is 0.906. The van der Waals surface area contributed by atoms with Crippen LogP contribution in [0.15, 0.2) is 11.4 Å². The number of rotatable bonds is 2. The molecule has 1 aliphatic carbocycles. The van der Waals surface area contributed by atoms with Crippen LogP contribution in [-0.4, -0.2) is 31.3 Å². The van der Waals surface area contributed by atoms with Crippen LogP contribution in [0.25, 0.3) is 0 Å². The number of ketones is 1.